The largest absolute Gasteiger partial charge is 0.397 e. The summed E-state index contributed by atoms with van der Waals surface area (Å²) in [5, 5.41) is 0.0764. The molecule has 0 bridgehead atoms. The van der Waals surface area contributed by atoms with E-state index in [1.54, 1.807) is 0 Å². The van der Waals surface area contributed by atoms with Crippen LogP contribution in [0.2, 0.25) is 5.02 Å². The van der Waals surface area contributed by atoms with E-state index >= 15 is 0 Å². The quantitative estimate of drug-likeness (QED) is 0.798. The van der Waals surface area contributed by atoms with Crippen LogP contribution in [0.15, 0.2) is 12.1 Å². The molecule has 1 aromatic rings. The maximum Gasteiger partial charge on any atom is 0.144 e. The minimum Gasteiger partial charge on any atom is -0.397 e. The van der Waals surface area contributed by atoms with E-state index in [0.717, 1.165) is 31.5 Å². The SMILES string of the molecule is Nc1cc(Cl)c(F)cc1N1CCOC2CCCC21. The molecule has 1 saturated carbocycles. The number of nitrogens with zero attached hydrogens (tertiary/aromatic N) is 1. The normalized spacial score (nSPS) is 27.3. The summed E-state index contributed by atoms with van der Waals surface area (Å²) in [6, 6.07) is 3.26. The van der Waals surface area contributed by atoms with Crippen LogP contribution >= 0.6 is 11.6 Å². The number of nitrogen functional groups attached to an aromatic ring is 1. The molecule has 1 heterocycles. The predicted octanol–water partition coefficient (Wildman–Crippen LogP) is 2.82. The second-order valence-corrected chi connectivity index (χ2v) is 5.33. The average Bonchev–Trinajstić information content (AvgIpc) is 2.82. The lowest BCUT2D eigenvalue weighted by Crippen LogP contribution is -2.48. The molecule has 3 nitrogen and oxygen atoms in total. The molecule has 1 aliphatic carbocycles. The summed E-state index contributed by atoms with van der Waals surface area (Å²) < 4.78 is 19.4. The van der Waals surface area contributed by atoms with Gasteiger partial charge in [0, 0.05) is 12.6 Å². The Morgan fingerprint density at radius 1 is 1.39 bits per heavy atom. The van der Waals surface area contributed by atoms with E-state index in [0.29, 0.717) is 18.3 Å². The van der Waals surface area contributed by atoms with Crippen molar-refractivity contribution in [1.29, 1.82) is 0 Å². The first kappa shape index (κ1) is 12.1. The molecule has 0 spiro atoms. The Kier molecular flexibility index (Phi) is 3.08. The summed E-state index contributed by atoms with van der Waals surface area (Å²) in [4.78, 5) is 2.18. The number of rotatable bonds is 1. The zero-order chi connectivity index (χ0) is 12.7. The third-order valence-electron chi connectivity index (χ3n) is 3.86. The first-order valence-electron chi connectivity index (χ1n) is 6.29. The summed E-state index contributed by atoms with van der Waals surface area (Å²) in [6.07, 6.45) is 3.57. The fourth-order valence-corrected chi connectivity index (χ4v) is 3.20. The molecule has 2 unspecified atom stereocenters. The van der Waals surface area contributed by atoms with Crippen molar-refractivity contribution in [1.82, 2.24) is 0 Å². The fourth-order valence-electron chi connectivity index (χ4n) is 3.03. The Bertz CT molecular complexity index is 469. The molecule has 5 heteroatoms. The van der Waals surface area contributed by atoms with Crippen LogP contribution in [0.1, 0.15) is 19.3 Å². The van der Waals surface area contributed by atoms with Crippen molar-refractivity contribution in [3.05, 3.63) is 23.0 Å². The summed E-state index contributed by atoms with van der Waals surface area (Å²) >= 11 is 5.74. The smallest absolute Gasteiger partial charge is 0.144 e. The van der Waals surface area contributed by atoms with Crippen molar-refractivity contribution < 1.29 is 9.13 Å². The van der Waals surface area contributed by atoms with Crippen molar-refractivity contribution in [3.8, 4) is 0 Å². The van der Waals surface area contributed by atoms with Gasteiger partial charge in [0.15, 0.2) is 0 Å². The molecule has 3 rings (SSSR count). The van der Waals surface area contributed by atoms with Gasteiger partial charge in [0.05, 0.1) is 35.2 Å². The predicted molar refractivity (Wildman–Crippen MR) is 70.5 cm³/mol. The molecule has 1 aromatic carbocycles. The zero-order valence-electron chi connectivity index (χ0n) is 10.0. The first-order chi connectivity index (χ1) is 8.66. The third-order valence-corrected chi connectivity index (χ3v) is 4.15. The molecule has 2 aliphatic rings. The molecule has 0 amide bonds. The van der Waals surface area contributed by atoms with Gasteiger partial charge in [0.1, 0.15) is 5.82 Å². The summed E-state index contributed by atoms with van der Waals surface area (Å²) in [6.45, 7) is 1.43. The van der Waals surface area contributed by atoms with Crippen molar-refractivity contribution in [2.45, 2.75) is 31.4 Å². The van der Waals surface area contributed by atoms with E-state index in [-0.39, 0.29) is 11.1 Å². The number of morpholine rings is 1. The van der Waals surface area contributed by atoms with Crippen LogP contribution in [0.3, 0.4) is 0 Å². The highest BCUT2D eigenvalue weighted by Gasteiger charge is 2.36. The molecule has 1 aliphatic heterocycles. The Morgan fingerprint density at radius 2 is 2.22 bits per heavy atom. The van der Waals surface area contributed by atoms with Gasteiger partial charge >= 0.3 is 0 Å². The number of hydrogen-bond donors (Lipinski definition) is 1. The first-order valence-corrected chi connectivity index (χ1v) is 6.67. The van der Waals surface area contributed by atoms with Crippen LogP contribution in [0.25, 0.3) is 0 Å². The van der Waals surface area contributed by atoms with Gasteiger partial charge in [0.2, 0.25) is 0 Å². The number of anilines is 2. The molecule has 0 radical (unpaired) electrons. The van der Waals surface area contributed by atoms with Crippen molar-refractivity contribution in [2.75, 3.05) is 23.8 Å². The van der Waals surface area contributed by atoms with Crippen LogP contribution in [0, 0.1) is 5.82 Å². The molecular formula is C13H16ClFN2O. The summed E-state index contributed by atoms with van der Waals surface area (Å²) in [5.74, 6) is -0.415. The lowest BCUT2D eigenvalue weighted by atomic mass is 10.1. The minimum atomic E-state index is -0.415. The highest BCUT2D eigenvalue weighted by Crippen LogP contribution is 2.37. The maximum atomic E-state index is 13.6. The van der Waals surface area contributed by atoms with Gasteiger partial charge in [-0.25, -0.2) is 4.39 Å². The molecule has 0 aromatic heterocycles. The van der Waals surface area contributed by atoms with Crippen LogP contribution in [0.5, 0.6) is 0 Å². The molecule has 1 saturated heterocycles. The van der Waals surface area contributed by atoms with E-state index in [1.807, 2.05) is 0 Å². The number of benzene rings is 1. The monoisotopic (exact) mass is 270 g/mol. The van der Waals surface area contributed by atoms with Crippen LogP contribution in [-0.4, -0.2) is 25.3 Å². The molecule has 2 N–H and O–H groups in total. The van der Waals surface area contributed by atoms with Gasteiger partial charge < -0.3 is 15.4 Å². The van der Waals surface area contributed by atoms with E-state index in [1.165, 1.54) is 12.1 Å². The Morgan fingerprint density at radius 3 is 3.06 bits per heavy atom. The van der Waals surface area contributed by atoms with E-state index < -0.39 is 5.82 Å². The van der Waals surface area contributed by atoms with Crippen molar-refractivity contribution >= 4 is 23.0 Å². The van der Waals surface area contributed by atoms with Crippen LogP contribution in [0.4, 0.5) is 15.8 Å². The topological polar surface area (TPSA) is 38.5 Å². The van der Waals surface area contributed by atoms with Gasteiger partial charge in [-0.05, 0) is 25.3 Å². The van der Waals surface area contributed by atoms with Gasteiger partial charge in [-0.15, -0.1) is 0 Å². The summed E-state index contributed by atoms with van der Waals surface area (Å²) in [5.41, 5.74) is 7.25. The highest BCUT2D eigenvalue weighted by molar-refractivity contribution is 6.31. The fraction of sp³-hybridized carbons (Fsp3) is 0.538. The Labute approximate surface area is 111 Å². The molecule has 2 atom stereocenters. The molecular weight excluding hydrogens is 255 g/mol. The van der Waals surface area contributed by atoms with E-state index in [4.69, 9.17) is 22.1 Å². The van der Waals surface area contributed by atoms with Crippen molar-refractivity contribution in [3.63, 3.8) is 0 Å². The van der Waals surface area contributed by atoms with Gasteiger partial charge in [-0.3, -0.25) is 0 Å². The summed E-state index contributed by atoms with van der Waals surface area (Å²) in [7, 11) is 0. The maximum absolute atomic E-state index is 13.6. The van der Waals surface area contributed by atoms with Gasteiger partial charge in [0.25, 0.3) is 0 Å². The second-order valence-electron chi connectivity index (χ2n) is 4.93. The number of halogens is 2. The van der Waals surface area contributed by atoms with Crippen LogP contribution in [-0.2, 0) is 4.74 Å². The van der Waals surface area contributed by atoms with E-state index in [9.17, 15) is 4.39 Å². The third kappa shape index (κ3) is 1.93. The second kappa shape index (κ2) is 4.59. The lowest BCUT2D eigenvalue weighted by Gasteiger charge is -2.39. The molecule has 98 valence electrons. The molecule has 18 heavy (non-hydrogen) atoms. The van der Waals surface area contributed by atoms with Crippen molar-refractivity contribution in [2.24, 2.45) is 0 Å². The Hall–Kier alpha value is -1.00. The number of fused-ring (bicyclic) bond motifs is 1. The standard InChI is InChI=1S/C13H16ClFN2O/c14-8-6-10(16)12(7-9(8)15)17-4-5-18-13-3-1-2-11(13)17/h6-7,11,13H,1-5,16H2. The lowest BCUT2D eigenvalue weighted by molar-refractivity contribution is 0.0257. The zero-order valence-corrected chi connectivity index (χ0v) is 10.8. The molecule has 2 fully saturated rings. The van der Waals surface area contributed by atoms with E-state index in [2.05, 4.69) is 4.90 Å². The average molecular weight is 271 g/mol. The van der Waals surface area contributed by atoms with Gasteiger partial charge in [-0.2, -0.15) is 0 Å². The highest BCUT2D eigenvalue weighted by atomic mass is 35.5. The number of ether oxygens (including phenoxy) is 1. The van der Waals surface area contributed by atoms with Crippen LogP contribution < -0.4 is 10.6 Å². The Balaban J connectivity index is 1.96. The number of hydrogen-bond acceptors (Lipinski definition) is 3. The van der Waals surface area contributed by atoms with Gasteiger partial charge in [-0.1, -0.05) is 11.6 Å². The number of nitrogens with two attached hydrogens (primary N) is 1. The minimum absolute atomic E-state index is 0.0764.